The molecule has 0 spiro atoms. The van der Waals surface area contributed by atoms with Crippen molar-refractivity contribution >= 4 is 11.9 Å². The number of nitrogens with two attached hydrogens (primary N) is 4. The first-order valence-corrected chi connectivity index (χ1v) is 12.1. The number of ether oxygens (including phenoxy) is 4. The summed E-state index contributed by atoms with van der Waals surface area (Å²) >= 11 is 0. The molecule has 3 fully saturated rings. The van der Waals surface area contributed by atoms with Crippen molar-refractivity contribution in [2.45, 2.75) is 98.4 Å². The highest BCUT2D eigenvalue weighted by molar-refractivity contribution is 5.76. The number of nitrogens with one attached hydrogen (secondary N) is 1. The number of likely N-dealkylation sites (N-methyl/N-ethyl adjacent to an activating group) is 1. The van der Waals surface area contributed by atoms with Gasteiger partial charge in [-0.3, -0.25) is 0 Å². The topological polar surface area (TPSA) is 340 Å². The molecule has 2 aliphatic heterocycles. The predicted molar refractivity (Wildman–Crippen MR) is 129 cm³/mol. The monoisotopic (exact) mass is 569 g/mol. The van der Waals surface area contributed by atoms with Gasteiger partial charge in [0, 0.05) is 0 Å². The summed E-state index contributed by atoms with van der Waals surface area (Å²) in [5, 5.41) is 86.6. The average Bonchev–Trinajstić information content (AvgIpc) is 3.10. The van der Waals surface area contributed by atoms with Crippen LogP contribution < -0.4 is 28.3 Å². The molecular formula is C20H39N7O12. The van der Waals surface area contributed by atoms with Gasteiger partial charge in [0.05, 0.1) is 18.8 Å². The number of hydrogen-bond donors (Lipinski definition) is 13. The molecule has 2 heterocycles. The summed E-state index contributed by atoms with van der Waals surface area (Å²) in [5.74, 6) is -1.02. The minimum Gasteiger partial charge on any atom is -0.393 e. The van der Waals surface area contributed by atoms with Crippen LogP contribution in [0.5, 0.6) is 0 Å². The van der Waals surface area contributed by atoms with Gasteiger partial charge in [-0.15, -0.1) is 0 Å². The summed E-state index contributed by atoms with van der Waals surface area (Å²) in [6, 6.07) is -4.07. The molecule has 0 aromatic heterocycles. The molecule has 19 nitrogen and oxygen atoms in total. The van der Waals surface area contributed by atoms with Gasteiger partial charge < -0.3 is 88.1 Å². The van der Waals surface area contributed by atoms with Crippen molar-refractivity contribution in [1.82, 2.24) is 5.32 Å². The Morgan fingerprint density at radius 2 is 1.41 bits per heavy atom. The van der Waals surface area contributed by atoms with Crippen molar-refractivity contribution in [3.05, 3.63) is 0 Å². The Hall–Kier alpha value is -1.98. The Kier molecular flexibility index (Phi) is 9.92. The molecule has 0 aromatic carbocycles. The van der Waals surface area contributed by atoms with Gasteiger partial charge in [0.1, 0.15) is 60.4 Å². The fourth-order valence-electron chi connectivity index (χ4n) is 4.93. The summed E-state index contributed by atoms with van der Waals surface area (Å²) in [4.78, 5) is 7.63. The number of rotatable bonds is 8. The third-order valence-electron chi connectivity index (χ3n) is 7.19. The van der Waals surface area contributed by atoms with Gasteiger partial charge in [-0.05, 0) is 14.0 Å². The third kappa shape index (κ3) is 6.05. The number of aliphatic hydroxyl groups excluding tert-OH is 7. The smallest absolute Gasteiger partial charge is 0.187 e. The van der Waals surface area contributed by atoms with Crippen LogP contribution in [0.25, 0.3) is 0 Å². The summed E-state index contributed by atoms with van der Waals surface area (Å²) in [6.07, 6.45) is -18.0. The highest BCUT2D eigenvalue weighted by atomic mass is 16.8. The third-order valence-corrected chi connectivity index (χ3v) is 7.19. The van der Waals surface area contributed by atoms with Crippen LogP contribution in [-0.4, -0.2) is 158 Å². The Bertz CT molecular complexity index is 895. The van der Waals surface area contributed by atoms with E-state index in [4.69, 9.17) is 41.9 Å². The van der Waals surface area contributed by atoms with Gasteiger partial charge >= 0.3 is 0 Å². The first-order chi connectivity index (χ1) is 18.2. The van der Waals surface area contributed by atoms with E-state index in [-0.39, 0.29) is 0 Å². The van der Waals surface area contributed by atoms with Crippen LogP contribution in [-0.2, 0) is 18.9 Å². The quantitative estimate of drug-likeness (QED) is 0.0952. The second-order valence-corrected chi connectivity index (χ2v) is 9.70. The summed E-state index contributed by atoms with van der Waals surface area (Å²) in [7, 11) is 1.41. The summed E-state index contributed by atoms with van der Waals surface area (Å²) < 4.78 is 22.6. The zero-order valence-corrected chi connectivity index (χ0v) is 21.2. The average molecular weight is 570 g/mol. The zero-order chi connectivity index (χ0) is 29.4. The molecular weight excluding hydrogens is 530 g/mol. The van der Waals surface area contributed by atoms with E-state index in [1.807, 2.05) is 0 Å². The van der Waals surface area contributed by atoms with Gasteiger partial charge in [-0.25, -0.2) is 9.98 Å². The highest BCUT2D eigenvalue weighted by Crippen LogP contribution is 2.39. The van der Waals surface area contributed by atoms with E-state index in [1.165, 1.54) is 14.0 Å². The van der Waals surface area contributed by atoms with Gasteiger partial charge in [-0.2, -0.15) is 0 Å². The Labute approximate surface area is 222 Å². The van der Waals surface area contributed by atoms with E-state index in [1.54, 1.807) is 0 Å². The van der Waals surface area contributed by atoms with E-state index >= 15 is 0 Å². The van der Waals surface area contributed by atoms with Crippen LogP contribution in [0.2, 0.25) is 0 Å². The number of hydrogen-bond acceptors (Lipinski definition) is 15. The summed E-state index contributed by atoms with van der Waals surface area (Å²) in [6.45, 7) is 0.454. The molecule has 226 valence electrons. The Morgan fingerprint density at radius 3 is 1.95 bits per heavy atom. The van der Waals surface area contributed by atoms with Crippen molar-refractivity contribution in [2.75, 3.05) is 13.7 Å². The number of aliphatic imine (C=N–C) groups is 2. The van der Waals surface area contributed by atoms with Crippen LogP contribution >= 0.6 is 0 Å². The lowest BCUT2D eigenvalue weighted by molar-refractivity contribution is -0.345. The van der Waals surface area contributed by atoms with Crippen molar-refractivity contribution in [3.8, 4) is 0 Å². The minimum absolute atomic E-state index is 0.497. The van der Waals surface area contributed by atoms with E-state index in [2.05, 4.69) is 15.3 Å². The first-order valence-electron chi connectivity index (χ1n) is 12.1. The van der Waals surface area contributed by atoms with E-state index < -0.39 is 110 Å². The Morgan fingerprint density at radius 1 is 0.821 bits per heavy atom. The van der Waals surface area contributed by atoms with Crippen LogP contribution in [0.1, 0.15) is 6.92 Å². The lowest BCUT2D eigenvalue weighted by Gasteiger charge is -2.45. The van der Waals surface area contributed by atoms with Gasteiger partial charge in [0.15, 0.2) is 30.8 Å². The number of nitrogens with zero attached hydrogens (tertiary/aromatic N) is 2. The maximum atomic E-state index is 11.2. The molecule has 3 rings (SSSR count). The minimum atomic E-state index is -2.17. The maximum absolute atomic E-state index is 11.2. The van der Waals surface area contributed by atoms with Crippen molar-refractivity contribution < 1.29 is 59.8 Å². The predicted octanol–water partition coefficient (Wildman–Crippen LogP) is -8.41. The number of guanidine groups is 2. The molecule has 0 radical (unpaired) electrons. The van der Waals surface area contributed by atoms with Gasteiger partial charge in [0.2, 0.25) is 0 Å². The molecule has 19 heteroatoms. The zero-order valence-electron chi connectivity index (χ0n) is 21.2. The molecule has 15 atom stereocenters. The van der Waals surface area contributed by atoms with E-state index in [0.29, 0.717) is 0 Å². The summed E-state index contributed by atoms with van der Waals surface area (Å²) in [5.41, 5.74) is 19.6. The van der Waals surface area contributed by atoms with E-state index in [9.17, 15) is 40.9 Å². The number of aliphatic hydroxyl groups is 8. The molecule has 0 bridgehead atoms. The normalized spacial score (nSPS) is 48.5. The van der Waals surface area contributed by atoms with Crippen molar-refractivity contribution in [3.63, 3.8) is 0 Å². The van der Waals surface area contributed by atoms with Crippen molar-refractivity contribution in [1.29, 1.82) is 0 Å². The SMILES string of the molecule is CNC1C(OC2C(OC3C(O)C(O)C(N=C(N)N)C(O)C3N=C(N)N)OC(C)[C@]2(O)CO)OC(O)C(O)C1O. The van der Waals surface area contributed by atoms with Crippen LogP contribution in [0.15, 0.2) is 9.98 Å². The van der Waals surface area contributed by atoms with E-state index in [0.717, 1.165) is 0 Å². The van der Waals surface area contributed by atoms with Gasteiger partial charge in [-0.1, -0.05) is 0 Å². The van der Waals surface area contributed by atoms with Gasteiger partial charge in [0.25, 0.3) is 0 Å². The molecule has 2 saturated heterocycles. The molecule has 1 aliphatic carbocycles. The molecule has 17 N–H and O–H groups in total. The Balaban J connectivity index is 1.95. The second-order valence-electron chi connectivity index (χ2n) is 9.70. The fraction of sp³-hybridized carbons (Fsp3) is 0.900. The molecule has 3 aliphatic rings. The lowest BCUT2D eigenvalue weighted by Crippen LogP contribution is -2.66. The molecule has 0 aromatic rings. The lowest BCUT2D eigenvalue weighted by atomic mass is 9.81. The molecule has 1 saturated carbocycles. The molecule has 14 unspecified atom stereocenters. The van der Waals surface area contributed by atoms with Crippen LogP contribution in [0.3, 0.4) is 0 Å². The van der Waals surface area contributed by atoms with Crippen molar-refractivity contribution in [2.24, 2.45) is 32.9 Å². The first kappa shape index (κ1) is 31.5. The molecule has 39 heavy (non-hydrogen) atoms. The second kappa shape index (κ2) is 12.3. The largest absolute Gasteiger partial charge is 0.393 e. The highest BCUT2D eigenvalue weighted by Gasteiger charge is 2.60. The standard InChI is InChI=1S/C20H39N7O12/c1-4-20(35,3-28)14(38-16-7(25-2)10(31)12(33)15(34)39-16)17(36-4)37-13-6(27-19(23)24)8(29)5(26-18(21)22)9(30)11(13)32/h4-17,25,28-35H,3H2,1-2H3,(H4,21,22,26)(H4,23,24,27)/t4?,5?,6?,7?,8?,9?,10?,11?,12?,13?,14?,15?,16?,17?,20-/m1/s1. The fourth-order valence-corrected chi connectivity index (χ4v) is 4.93. The maximum Gasteiger partial charge on any atom is 0.187 e. The molecule has 0 amide bonds. The van der Waals surface area contributed by atoms with Crippen LogP contribution in [0.4, 0.5) is 0 Å². The van der Waals surface area contributed by atoms with Crippen LogP contribution in [0, 0.1) is 0 Å².